The molecule has 0 amide bonds. The molecule has 0 nitrogen and oxygen atoms in total. The fraction of sp³-hybridized carbons (Fsp3) is 0.562. The van der Waals surface area contributed by atoms with Gasteiger partial charge in [-0.25, -0.2) is 0 Å². The van der Waals surface area contributed by atoms with Crippen LogP contribution in [0.15, 0.2) is 42.7 Å². The minimum atomic E-state index is 0.526. The zero-order chi connectivity index (χ0) is 12.1. The minimum Gasteiger partial charge on any atom is -0.121 e. The maximum Gasteiger partial charge on any atom is 0.0181 e. The molecule has 1 aliphatic carbocycles. The van der Waals surface area contributed by atoms with Crippen LogP contribution in [-0.2, 0) is 0 Å². The second-order valence-corrected chi connectivity index (χ2v) is 5.03. The Kier molecular flexibility index (Phi) is 4.83. The highest BCUT2D eigenvalue weighted by Gasteiger charge is 2.28. The molecular formula is C16H24. The Hall–Kier alpha value is -1.00. The van der Waals surface area contributed by atoms with Crippen LogP contribution in [0.1, 0.15) is 39.5 Å². The van der Waals surface area contributed by atoms with Crippen molar-refractivity contribution in [2.45, 2.75) is 39.5 Å². The first-order chi connectivity index (χ1) is 7.61. The van der Waals surface area contributed by atoms with Crippen LogP contribution < -0.4 is 0 Å². The topological polar surface area (TPSA) is 0 Å². The molecule has 3 atom stereocenters. The van der Waals surface area contributed by atoms with E-state index in [0.717, 1.165) is 23.0 Å². The summed E-state index contributed by atoms with van der Waals surface area (Å²) in [4.78, 5) is 0. The highest BCUT2D eigenvalue weighted by Crippen LogP contribution is 2.38. The summed E-state index contributed by atoms with van der Waals surface area (Å²) in [5.41, 5.74) is 5.08. The molecule has 0 saturated heterocycles. The molecule has 16 heavy (non-hydrogen) atoms. The monoisotopic (exact) mass is 216 g/mol. The number of allylic oxidation sites excluding steroid dienone is 3. The molecule has 0 aromatic carbocycles. The highest BCUT2D eigenvalue weighted by molar-refractivity contribution is 5.37. The van der Waals surface area contributed by atoms with Crippen molar-refractivity contribution in [1.82, 2.24) is 0 Å². The first kappa shape index (κ1) is 13.1. The molecule has 88 valence electrons. The molecule has 0 heterocycles. The van der Waals surface area contributed by atoms with Crippen LogP contribution in [0.4, 0.5) is 0 Å². The van der Waals surface area contributed by atoms with E-state index >= 15 is 0 Å². The first-order valence-corrected chi connectivity index (χ1v) is 6.33. The van der Waals surface area contributed by atoms with Gasteiger partial charge in [-0.05, 0) is 29.7 Å². The second-order valence-electron chi connectivity index (χ2n) is 5.03. The van der Waals surface area contributed by atoms with Crippen molar-refractivity contribution in [3.63, 3.8) is 0 Å². The van der Waals surface area contributed by atoms with Crippen molar-refractivity contribution in [2.75, 3.05) is 0 Å². The van der Waals surface area contributed by atoms with E-state index in [1.54, 1.807) is 0 Å². The average Bonchev–Trinajstić information content (AvgIpc) is 2.30. The summed E-state index contributed by atoms with van der Waals surface area (Å²) in [7, 11) is 0. The highest BCUT2D eigenvalue weighted by atomic mass is 14.3. The van der Waals surface area contributed by atoms with Gasteiger partial charge in [0, 0.05) is 5.57 Å². The molecule has 0 spiro atoms. The average molecular weight is 216 g/mol. The molecule has 0 bridgehead atoms. The fourth-order valence-corrected chi connectivity index (χ4v) is 2.91. The van der Waals surface area contributed by atoms with Crippen LogP contribution in [0.3, 0.4) is 0 Å². The van der Waals surface area contributed by atoms with Crippen molar-refractivity contribution in [3.05, 3.63) is 42.7 Å². The molecule has 0 N–H and O–H groups in total. The number of hydrogen-bond acceptors (Lipinski definition) is 0. The lowest BCUT2D eigenvalue weighted by Crippen LogP contribution is -2.24. The summed E-state index contributed by atoms with van der Waals surface area (Å²) in [5.74, 6) is 2.11. The fourth-order valence-electron chi connectivity index (χ4n) is 2.91. The van der Waals surface area contributed by atoms with Gasteiger partial charge in [0.2, 0.25) is 0 Å². The minimum absolute atomic E-state index is 0.526. The number of hydrogen-bond donors (Lipinski definition) is 0. The van der Waals surface area contributed by atoms with E-state index in [9.17, 15) is 0 Å². The van der Waals surface area contributed by atoms with Crippen molar-refractivity contribution in [1.29, 1.82) is 0 Å². The van der Waals surface area contributed by atoms with Gasteiger partial charge in [-0.15, -0.1) is 5.73 Å². The van der Waals surface area contributed by atoms with Gasteiger partial charge in [0.15, 0.2) is 0 Å². The molecule has 3 unspecified atom stereocenters. The smallest absolute Gasteiger partial charge is 0.0181 e. The van der Waals surface area contributed by atoms with Gasteiger partial charge >= 0.3 is 0 Å². The van der Waals surface area contributed by atoms with E-state index in [0.29, 0.717) is 5.92 Å². The van der Waals surface area contributed by atoms with Crippen molar-refractivity contribution < 1.29 is 0 Å². The normalized spacial score (nSPS) is 26.6. The summed E-state index contributed by atoms with van der Waals surface area (Å²) in [6.45, 7) is 16.4. The predicted molar refractivity (Wildman–Crippen MR) is 72.3 cm³/mol. The van der Waals surface area contributed by atoms with Gasteiger partial charge in [-0.2, -0.15) is 0 Å². The van der Waals surface area contributed by atoms with Gasteiger partial charge < -0.3 is 0 Å². The largest absolute Gasteiger partial charge is 0.121 e. The Morgan fingerprint density at radius 2 is 2.00 bits per heavy atom. The lowest BCUT2D eigenvalue weighted by atomic mass is 9.71. The molecule has 0 heteroatoms. The van der Waals surface area contributed by atoms with E-state index in [2.05, 4.69) is 39.3 Å². The van der Waals surface area contributed by atoms with Gasteiger partial charge in [-0.3, -0.25) is 0 Å². The van der Waals surface area contributed by atoms with Crippen LogP contribution >= 0.6 is 0 Å². The summed E-state index contributed by atoms with van der Waals surface area (Å²) in [6.07, 6.45) is 7.28. The van der Waals surface area contributed by atoms with Gasteiger partial charge in [0.25, 0.3) is 0 Å². The standard InChI is InChI=1S/C16H24/c1-6-15(7-2)13(4)14(5)16-11-9-8-10-12(16)3/h6,12,14,16H,1-2,4,8-11H2,3,5H3. The SMILES string of the molecule is C=C=C(C=C)C(=C)C(C)C1CCCCC1C. The van der Waals surface area contributed by atoms with Crippen LogP contribution in [-0.4, -0.2) is 0 Å². The summed E-state index contributed by atoms with van der Waals surface area (Å²) in [5, 5.41) is 0. The zero-order valence-corrected chi connectivity index (χ0v) is 10.8. The van der Waals surface area contributed by atoms with Gasteiger partial charge in [-0.1, -0.05) is 58.9 Å². The Morgan fingerprint density at radius 3 is 2.50 bits per heavy atom. The molecule has 1 aliphatic rings. The van der Waals surface area contributed by atoms with E-state index in [-0.39, 0.29) is 0 Å². The summed E-state index contributed by atoms with van der Waals surface area (Å²) < 4.78 is 0. The van der Waals surface area contributed by atoms with E-state index < -0.39 is 0 Å². The molecule has 1 rings (SSSR count). The quantitative estimate of drug-likeness (QED) is 0.463. The third kappa shape index (κ3) is 2.77. The Morgan fingerprint density at radius 1 is 1.38 bits per heavy atom. The zero-order valence-electron chi connectivity index (χ0n) is 10.8. The van der Waals surface area contributed by atoms with Crippen LogP contribution in [0.25, 0.3) is 0 Å². The predicted octanol–water partition coefficient (Wildman–Crippen LogP) is 4.90. The van der Waals surface area contributed by atoms with Gasteiger partial charge in [0.1, 0.15) is 0 Å². The van der Waals surface area contributed by atoms with Crippen molar-refractivity contribution >= 4 is 0 Å². The second kappa shape index (κ2) is 5.92. The molecule has 0 aromatic heterocycles. The third-order valence-electron chi connectivity index (χ3n) is 4.11. The van der Waals surface area contributed by atoms with Crippen molar-refractivity contribution in [2.24, 2.45) is 17.8 Å². The molecule has 0 aromatic rings. The Bertz CT molecular complexity index is 315. The lowest BCUT2D eigenvalue weighted by Gasteiger charge is -2.34. The molecule has 1 fully saturated rings. The summed E-state index contributed by atoms with van der Waals surface area (Å²) in [6, 6.07) is 0. The molecular weight excluding hydrogens is 192 g/mol. The van der Waals surface area contributed by atoms with Crippen LogP contribution in [0.2, 0.25) is 0 Å². The molecule has 1 saturated carbocycles. The van der Waals surface area contributed by atoms with Crippen LogP contribution in [0.5, 0.6) is 0 Å². The summed E-state index contributed by atoms with van der Waals surface area (Å²) >= 11 is 0. The van der Waals surface area contributed by atoms with E-state index in [1.165, 1.54) is 25.7 Å². The lowest BCUT2D eigenvalue weighted by molar-refractivity contribution is 0.206. The first-order valence-electron chi connectivity index (χ1n) is 6.33. The van der Waals surface area contributed by atoms with E-state index in [1.807, 2.05) is 6.08 Å². The Balaban J connectivity index is 2.76. The van der Waals surface area contributed by atoms with E-state index in [4.69, 9.17) is 0 Å². The third-order valence-corrected chi connectivity index (χ3v) is 4.11. The molecule has 0 radical (unpaired) electrons. The maximum atomic E-state index is 4.20. The molecule has 0 aliphatic heterocycles. The maximum absolute atomic E-state index is 4.20. The Labute approximate surface area is 100 Å². The van der Waals surface area contributed by atoms with Crippen molar-refractivity contribution in [3.8, 4) is 0 Å². The van der Waals surface area contributed by atoms with Gasteiger partial charge in [0.05, 0.1) is 0 Å². The van der Waals surface area contributed by atoms with Crippen LogP contribution in [0, 0.1) is 17.8 Å². The number of rotatable bonds is 4.